The van der Waals surface area contributed by atoms with Gasteiger partial charge in [-0.2, -0.15) is 5.26 Å². The summed E-state index contributed by atoms with van der Waals surface area (Å²) in [5.41, 5.74) is 5.93. The van der Waals surface area contributed by atoms with Gasteiger partial charge in [0.15, 0.2) is 0 Å². The lowest BCUT2D eigenvalue weighted by Gasteiger charge is -2.54. The lowest BCUT2D eigenvalue weighted by atomic mass is 9.52. The minimum Gasteiger partial charge on any atom is -0.401 e. The van der Waals surface area contributed by atoms with Crippen molar-refractivity contribution < 1.29 is 4.79 Å². The minimum absolute atomic E-state index is 0.0637. The topological polar surface area (TPSA) is 78.9 Å². The highest BCUT2D eigenvalue weighted by molar-refractivity contribution is 5.97. The van der Waals surface area contributed by atoms with Crippen molar-refractivity contribution in [3.63, 3.8) is 0 Å². The van der Waals surface area contributed by atoms with Crippen molar-refractivity contribution in [1.82, 2.24) is 5.32 Å². The number of amides is 1. The molecule has 4 fully saturated rings. The molecule has 0 radical (unpaired) electrons. The highest BCUT2D eigenvalue weighted by atomic mass is 16.1. The minimum atomic E-state index is -0.304. The zero-order chi connectivity index (χ0) is 14.3. The number of nitrogens with zero attached hydrogens (tertiary/aromatic N) is 1. The fourth-order valence-corrected chi connectivity index (χ4v) is 4.99. The Hall–Kier alpha value is -1.50. The van der Waals surface area contributed by atoms with Crippen molar-refractivity contribution in [1.29, 1.82) is 5.26 Å². The van der Waals surface area contributed by atoms with Crippen LogP contribution in [-0.2, 0) is 4.79 Å². The number of carbonyl (C=O) groups is 1. The zero-order valence-corrected chi connectivity index (χ0v) is 12.1. The zero-order valence-electron chi connectivity index (χ0n) is 12.1. The molecule has 4 rings (SSSR count). The predicted octanol–water partition coefficient (Wildman–Crippen LogP) is 1.93. The molecule has 20 heavy (non-hydrogen) atoms. The molecule has 4 heteroatoms. The Morgan fingerprint density at radius 1 is 1.20 bits per heavy atom. The first-order chi connectivity index (χ1) is 9.58. The van der Waals surface area contributed by atoms with Crippen molar-refractivity contribution in [2.24, 2.45) is 35.3 Å². The molecule has 3 N–H and O–H groups in total. The molecule has 0 unspecified atom stereocenters. The predicted molar refractivity (Wildman–Crippen MR) is 76.0 cm³/mol. The average molecular weight is 273 g/mol. The lowest BCUT2D eigenvalue weighted by Crippen LogP contribution is -2.49. The van der Waals surface area contributed by atoms with Gasteiger partial charge in [0.25, 0.3) is 5.91 Å². The van der Waals surface area contributed by atoms with Gasteiger partial charge in [0.1, 0.15) is 11.6 Å². The number of hydrogen-bond acceptors (Lipinski definition) is 3. The quantitative estimate of drug-likeness (QED) is 0.609. The second-order valence-corrected chi connectivity index (χ2v) is 6.97. The summed E-state index contributed by atoms with van der Waals surface area (Å²) in [6.45, 7) is 2.31. The maximum absolute atomic E-state index is 12.0. The molecule has 0 heterocycles. The molecule has 108 valence electrons. The third kappa shape index (κ3) is 2.30. The summed E-state index contributed by atoms with van der Waals surface area (Å²) in [5, 5.41) is 11.9. The molecule has 4 saturated carbocycles. The van der Waals surface area contributed by atoms with Crippen molar-refractivity contribution in [3.05, 3.63) is 11.3 Å². The van der Waals surface area contributed by atoms with Crippen LogP contribution in [0.3, 0.4) is 0 Å². The van der Waals surface area contributed by atoms with E-state index in [-0.39, 0.29) is 11.5 Å². The van der Waals surface area contributed by atoms with E-state index in [1.807, 2.05) is 6.07 Å². The number of allylic oxidation sites excluding steroid dienone is 1. The first kappa shape index (κ1) is 13.5. The summed E-state index contributed by atoms with van der Waals surface area (Å²) < 4.78 is 0. The number of carbonyl (C=O) groups excluding carboxylic acids is 1. The van der Waals surface area contributed by atoms with E-state index in [0.29, 0.717) is 18.2 Å². The van der Waals surface area contributed by atoms with E-state index in [9.17, 15) is 4.79 Å². The normalized spacial score (nSPS) is 39.1. The van der Waals surface area contributed by atoms with Crippen LogP contribution in [0.25, 0.3) is 0 Å². The summed E-state index contributed by atoms with van der Waals surface area (Å²) in [7, 11) is 0. The van der Waals surface area contributed by atoms with Crippen LogP contribution in [0, 0.1) is 40.9 Å². The second-order valence-electron chi connectivity index (χ2n) is 6.97. The van der Waals surface area contributed by atoms with Crippen molar-refractivity contribution in [2.75, 3.05) is 6.54 Å². The molecule has 4 nitrogen and oxygen atoms in total. The molecule has 4 bridgehead atoms. The maximum Gasteiger partial charge on any atom is 0.263 e. The van der Waals surface area contributed by atoms with E-state index in [0.717, 1.165) is 23.7 Å². The molecule has 0 saturated heterocycles. The second kappa shape index (κ2) is 5.12. The Balaban J connectivity index is 1.61. The van der Waals surface area contributed by atoms with E-state index in [4.69, 9.17) is 11.0 Å². The van der Waals surface area contributed by atoms with Crippen LogP contribution in [0.1, 0.15) is 39.0 Å². The molecule has 4 aliphatic carbocycles. The van der Waals surface area contributed by atoms with Gasteiger partial charge in [0.2, 0.25) is 0 Å². The van der Waals surface area contributed by atoms with Crippen LogP contribution in [0.15, 0.2) is 11.3 Å². The fraction of sp³-hybridized carbons (Fsp3) is 0.750. The number of hydrogen-bond donors (Lipinski definition) is 2. The first-order valence-corrected chi connectivity index (χ1v) is 7.73. The smallest absolute Gasteiger partial charge is 0.263 e. The molecule has 0 aliphatic heterocycles. The van der Waals surface area contributed by atoms with Crippen LogP contribution < -0.4 is 11.1 Å². The molecule has 4 aliphatic rings. The first-order valence-electron chi connectivity index (χ1n) is 7.73. The Morgan fingerprint density at radius 2 is 1.75 bits per heavy atom. The van der Waals surface area contributed by atoms with Gasteiger partial charge in [-0.25, -0.2) is 0 Å². The number of nitrogens with two attached hydrogens (primary N) is 1. The monoisotopic (exact) mass is 273 g/mol. The SMILES string of the molecule is C/C(N)=C(/C#N)C(=O)NCC1C2CC3CC(C2)CC1C3. The Labute approximate surface area is 120 Å². The highest BCUT2D eigenvalue weighted by Crippen LogP contribution is 2.56. The van der Waals surface area contributed by atoms with Crippen LogP contribution in [-0.4, -0.2) is 12.5 Å². The molecule has 0 aromatic heterocycles. The number of nitriles is 1. The molecular formula is C16H23N3O. The maximum atomic E-state index is 12.0. The lowest BCUT2D eigenvalue weighted by molar-refractivity contribution is -0.118. The molecule has 0 aromatic carbocycles. The van der Waals surface area contributed by atoms with Gasteiger partial charge in [-0.1, -0.05) is 0 Å². The van der Waals surface area contributed by atoms with Gasteiger partial charge < -0.3 is 11.1 Å². The van der Waals surface area contributed by atoms with Crippen molar-refractivity contribution in [2.45, 2.75) is 39.0 Å². The van der Waals surface area contributed by atoms with Crippen LogP contribution in [0.4, 0.5) is 0 Å². The Morgan fingerprint density at radius 3 is 2.20 bits per heavy atom. The number of rotatable bonds is 3. The number of nitrogens with one attached hydrogen (secondary N) is 1. The Bertz CT molecular complexity index is 456. The van der Waals surface area contributed by atoms with Crippen LogP contribution >= 0.6 is 0 Å². The van der Waals surface area contributed by atoms with Crippen LogP contribution in [0.5, 0.6) is 0 Å². The van der Waals surface area contributed by atoms with Gasteiger partial charge in [-0.3, -0.25) is 4.79 Å². The van der Waals surface area contributed by atoms with Gasteiger partial charge >= 0.3 is 0 Å². The van der Waals surface area contributed by atoms with E-state index >= 15 is 0 Å². The summed E-state index contributed by atoms with van der Waals surface area (Å²) in [6.07, 6.45) is 6.85. The Kier molecular flexibility index (Phi) is 3.45. The summed E-state index contributed by atoms with van der Waals surface area (Å²) in [6, 6.07) is 1.90. The van der Waals surface area contributed by atoms with Crippen molar-refractivity contribution in [3.8, 4) is 6.07 Å². The van der Waals surface area contributed by atoms with Crippen molar-refractivity contribution >= 4 is 5.91 Å². The largest absolute Gasteiger partial charge is 0.401 e. The van der Waals surface area contributed by atoms with E-state index in [2.05, 4.69) is 5.32 Å². The van der Waals surface area contributed by atoms with Gasteiger partial charge in [0, 0.05) is 12.2 Å². The van der Waals surface area contributed by atoms with E-state index in [1.165, 1.54) is 32.1 Å². The van der Waals surface area contributed by atoms with Crippen LogP contribution in [0.2, 0.25) is 0 Å². The summed E-state index contributed by atoms with van der Waals surface area (Å²) in [4.78, 5) is 12.0. The summed E-state index contributed by atoms with van der Waals surface area (Å²) >= 11 is 0. The van der Waals surface area contributed by atoms with Gasteiger partial charge in [-0.05, 0) is 68.6 Å². The molecule has 0 spiro atoms. The molecular weight excluding hydrogens is 250 g/mol. The van der Waals surface area contributed by atoms with Gasteiger partial charge in [-0.15, -0.1) is 0 Å². The molecule has 1 amide bonds. The molecule has 0 atom stereocenters. The van der Waals surface area contributed by atoms with E-state index in [1.54, 1.807) is 6.92 Å². The third-order valence-corrected chi connectivity index (χ3v) is 5.65. The summed E-state index contributed by atoms with van der Waals surface area (Å²) in [5.74, 6) is 3.79. The van der Waals surface area contributed by atoms with Gasteiger partial charge in [0.05, 0.1) is 0 Å². The molecule has 0 aromatic rings. The van der Waals surface area contributed by atoms with E-state index < -0.39 is 0 Å². The average Bonchev–Trinajstić information content (AvgIpc) is 2.37. The standard InChI is InChI=1S/C16H23N3O/c1-9(18)14(7-17)16(20)19-8-15-12-3-10-2-11(5-12)6-13(15)4-10/h10-13,15H,2-6,8,18H2,1H3,(H,19,20)/b14-9+. The third-order valence-electron chi connectivity index (χ3n) is 5.65. The highest BCUT2D eigenvalue weighted by Gasteiger charge is 2.47. The fourth-order valence-electron chi connectivity index (χ4n) is 4.99.